The van der Waals surface area contributed by atoms with Crippen LogP contribution >= 0.6 is 0 Å². The van der Waals surface area contributed by atoms with E-state index in [-0.39, 0.29) is 12.2 Å². The van der Waals surface area contributed by atoms with Gasteiger partial charge in [-0.1, -0.05) is 52.4 Å². The van der Waals surface area contributed by atoms with Gasteiger partial charge in [0.15, 0.2) is 0 Å². The van der Waals surface area contributed by atoms with Gasteiger partial charge in [0.25, 0.3) is 0 Å². The van der Waals surface area contributed by atoms with Crippen molar-refractivity contribution < 1.29 is 10.2 Å². The smallest absolute Gasteiger partial charge is 0.0512 e. The summed E-state index contributed by atoms with van der Waals surface area (Å²) in [7, 11) is 0. The van der Waals surface area contributed by atoms with Crippen molar-refractivity contribution in [3.8, 4) is 0 Å². The summed E-state index contributed by atoms with van der Waals surface area (Å²) in [6.45, 7) is 8.02. The Kier molecular flexibility index (Phi) is 17.1. The van der Waals surface area contributed by atoms with Crippen molar-refractivity contribution in [1.82, 2.24) is 0 Å². The maximum absolute atomic E-state index is 8.78. The van der Waals surface area contributed by atoms with Gasteiger partial charge in [-0.05, 0) is 26.7 Å². The summed E-state index contributed by atoms with van der Waals surface area (Å²) in [5, 5.41) is 17.6. The molecule has 2 nitrogen and oxygen atoms in total. The highest BCUT2D eigenvalue weighted by atomic mass is 16.3. The molecule has 0 aliphatic heterocycles. The lowest BCUT2D eigenvalue weighted by Gasteiger charge is -2.00. The topological polar surface area (TPSA) is 40.5 Å². The molecule has 16 heavy (non-hydrogen) atoms. The largest absolute Gasteiger partial charge is 0.393 e. The molecule has 0 radical (unpaired) electrons. The molecule has 0 saturated heterocycles. The van der Waals surface area contributed by atoms with E-state index >= 15 is 0 Å². The summed E-state index contributed by atoms with van der Waals surface area (Å²) in [4.78, 5) is 0. The molecule has 0 fully saturated rings. The van der Waals surface area contributed by atoms with Gasteiger partial charge in [-0.3, -0.25) is 0 Å². The van der Waals surface area contributed by atoms with E-state index < -0.39 is 0 Å². The number of hydrogen-bond donors (Lipinski definition) is 2. The third-order valence-corrected chi connectivity index (χ3v) is 2.45. The molecule has 0 amide bonds. The molecule has 2 heteroatoms. The van der Waals surface area contributed by atoms with Gasteiger partial charge in [0, 0.05) is 0 Å². The molecule has 0 rings (SSSR count). The second-order valence-corrected chi connectivity index (χ2v) is 4.69. The first-order valence-corrected chi connectivity index (χ1v) is 6.90. The van der Waals surface area contributed by atoms with E-state index in [1.807, 2.05) is 13.8 Å². The van der Waals surface area contributed by atoms with Crippen LogP contribution in [0.1, 0.15) is 79.1 Å². The van der Waals surface area contributed by atoms with Gasteiger partial charge in [0.2, 0.25) is 0 Å². The van der Waals surface area contributed by atoms with Crippen LogP contribution in [0.15, 0.2) is 0 Å². The van der Waals surface area contributed by atoms with Gasteiger partial charge in [-0.25, -0.2) is 0 Å². The van der Waals surface area contributed by atoms with E-state index in [1.165, 1.54) is 38.5 Å². The standard InChI is InChI=1S/2C7H16O/c2*1-3-4-5-6-7(2)8/h2*7-8H,3-6H2,1-2H3/t2*7-/m00/s1. The Morgan fingerprint density at radius 3 is 1.19 bits per heavy atom. The van der Waals surface area contributed by atoms with E-state index in [9.17, 15) is 0 Å². The van der Waals surface area contributed by atoms with E-state index in [2.05, 4.69) is 13.8 Å². The van der Waals surface area contributed by atoms with Gasteiger partial charge in [0.1, 0.15) is 0 Å². The molecular weight excluding hydrogens is 200 g/mol. The molecule has 0 aliphatic carbocycles. The van der Waals surface area contributed by atoms with Crippen LogP contribution in [0.3, 0.4) is 0 Å². The summed E-state index contributed by atoms with van der Waals surface area (Å²) >= 11 is 0. The fourth-order valence-corrected chi connectivity index (χ4v) is 1.38. The van der Waals surface area contributed by atoms with Crippen molar-refractivity contribution in [2.45, 2.75) is 91.3 Å². The number of aliphatic hydroxyl groups excluding tert-OH is 2. The zero-order chi connectivity index (χ0) is 12.8. The summed E-state index contributed by atoms with van der Waals surface area (Å²) in [6.07, 6.45) is 9.09. The number of aliphatic hydroxyl groups is 2. The van der Waals surface area contributed by atoms with Crippen LogP contribution in [0.4, 0.5) is 0 Å². The van der Waals surface area contributed by atoms with Crippen LogP contribution in [0.5, 0.6) is 0 Å². The summed E-state index contributed by atoms with van der Waals surface area (Å²) in [5.74, 6) is 0. The molecule has 0 saturated carbocycles. The second-order valence-electron chi connectivity index (χ2n) is 4.69. The first-order valence-electron chi connectivity index (χ1n) is 6.90. The van der Waals surface area contributed by atoms with Crippen LogP contribution in [0.2, 0.25) is 0 Å². The quantitative estimate of drug-likeness (QED) is 0.623. The van der Waals surface area contributed by atoms with Gasteiger partial charge in [0.05, 0.1) is 12.2 Å². The third kappa shape index (κ3) is 23.6. The van der Waals surface area contributed by atoms with Gasteiger partial charge in [-0.15, -0.1) is 0 Å². The summed E-state index contributed by atoms with van der Waals surface area (Å²) in [5.41, 5.74) is 0. The summed E-state index contributed by atoms with van der Waals surface area (Å²) < 4.78 is 0. The molecule has 0 unspecified atom stereocenters. The molecule has 0 aromatic rings. The average Bonchev–Trinajstić information content (AvgIpc) is 2.18. The van der Waals surface area contributed by atoms with Gasteiger partial charge >= 0.3 is 0 Å². The van der Waals surface area contributed by atoms with Crippen molar-refractivity contribution in [1.29, 1.82) is 0 Å². The van der Waals surface area contributed by atoms with E-state index in [1.54, 1.807) is 0 Å². The van der Waals surface area contributed by atoms with Crippen molar-refractivity contribution >= 4 is 0 Å². The highest BCUT2D eigenvalue weighted by molar-refractivity contribution is 4.46. The Morgan fingerprint density at radius 1 is 0.688 bits per heavy atom. The molecule has 0 aromatic carbocycles. The van der Waals surface area contributed by atoms with Gasteiger partial charge < -0.3 is 10.2 Å². The fraction of sp³-hybridized carbons (Fsp3) is 1.00. The van der Waals surface area contributed by atoms with Crippen molar-refractivity contribution in [2.75, 3.05) is 0 Å². The number of hydrogen-bond acceptors (Lipinski definition) is 2. The molecule has 0 heterocycles. The van der Waals surface area contributed by atoms with Crippen molar-refractivity contribution in [3.63, 3.8) is 0 Å². The predicted octanol–water partition coefficient (Wildman–Crippen LogP) is 3.90. The Labute approximate surface area is 102 Å². The molecule has 0 aromatic heterocycles. The van der Waals surface area contributed by atoms with Crippen LogP contribution in [0.25, 0.3) is 0 Å². The fourth-order valence-electron chi connectivity index (χ4n) is 1.38. The molecule has 100 valence electrons. The Bertz CT molecular complexity index is 97.3. The zero-order valence-electron chi connectivity index (χ0n) is 11.7. The van der Waals surface area contributed by atoms with E-state index in [4.69, 9.17) is 10.2 Å². The number of unbranched alkanes of at least 4 members (excludes halogenated alkanes) is 4. The van der Waals surface area contributed by atoms with Gasteiger partial charge in [-0.2, -0.15) is 0 Å². The third-order valence-electron chi connectivity index (χ3n) is 2.45. The highest BCUT2D eigenvalue weighted by Gasteiger charge is 1.92. The molecule has 0 spiro atoms. The highest BCUT2D eigenvalue weighted by Crippen LogP contribution is 2.01. The van der Waals surface area contributed by atoms with Crippen LogP contribution in [0, 0.1) is 0 Å². The summed E-state index contributed by atoms with van der Waals surface area (Å²) in [6, 6.07) is 0. The van der Waals surface area contributed by atoms with Crippen LogP contribution in [-0.4, -0.2) is 22.4 Å². The molecular formula is C14H32O2. The Hall–Kier alpha value is -0.0800. The SMILES string of the molecule is CCCCC[C@H](C)O.CCCCC[C@H](C)O. The second kappa shape index (κ2) is 14.9. The lowest BCUT2D eigenvalue weighted by molar-refractivity contribution is 0.180. The minimum absolute atomic E-state index is 0.0958. The van der Waals surface area contributed by atoms with Crippen LogP contribution in [-0.2, 0) is 0 Å². The normalized spacial score (nSPS) is 13.9. The Morgan fingerprint density at radius 2 is 1.00 bits per heavy atom. The van der Waals surface area contributed by atoms with Crippen LogP contribution < -0.4 is 0 Å². The Balaban J connectivity index is 0. The lowest BCUT2D eigenvalue weighted by atomic mass is 10.1. The first kappa shape index (κ1) is 18.3. The molecule has 0 aliphatic rings. The van der Waals surface area contributed by atoms with E-state index in [0.717, 1.165) is 12.8 Å². The van der Waals surface area contributed by atoms with Crippen molar-refractivity contribution in [2.24, 2.45) is 0 Å². The van der Waals surface area contributed by atoms with E-state index in [0.29, 0.717) is 0 Å². The molecule has 2 N–H and O–H groups in total. The molecule has 2 atom stereocenters. The monoisotopic (exact) mass is 232 g/mol. The zero-order valence-corrected chi connectivity index (χ0v) is 11.7. The lowest BCUT2D eigenvalue weighted by Crippen LogP contribution is -1.97. The minimum Gasteiger partial charge on any atom is -0.393 e. The predicted molar refractivity (Wildman–Crippen MR) is 71.6 cm³/mol. The number of rotatable bonds is 8. The maximum atomic E-state index is 8.78. The maximum Gasteiger partial charge on any atom is 0.0512 e. The minimum atomic E-state index is -0.0958. The average molecular weight is 232 g/mol. The van der Waals surface area contributed by atoms with Crippen molar-refractivity contribution in [3.05, 3.63) is 0 Å². The molecule has 0 bridgehead atoms. The first-order chi connectivity index (χ1) is 7.54.